The summed E-state index contributed by atoms with van der Waals surface area (Å²) in [5.41, 5.74) is 2.24. The highest BCUT2D eigenvalue weighted by molar-refractivity contribution is 7.99. The highest BCUT2D eigenvalue weighted by Gasteiger charge is 2.05. The smallest absolute Gasteiger partial charge is 0.169 e. The quantitative estimate of drug-likeness (QED) is 0.565. The van der Waals surface area contributed by atoms with E-state index in [0.29, 0.717) is 0 Å². The van der Waals surface area contributed by atoms with Crippen molar-refractivity contribution in [3.8, 4) is 0 Å². The van der Waals surface area contributed by atoms with Crippen molar-refractivity contribution in [3.05, 3.63) is 36.9 Å². The van der Waals surface area contributed by atoms with E-state index in [9.17, 15) is 0 Å². The van der Waals surface area contributed by atoms with Crippen LogP contribution >= 0.6 is 11.8 Å². The Morgan fingerprint density at radius 1 is 1.50 bits per heavy atom. The van der Waals surface area contributed by atoms with Gasteiger partial charge in [0.15, 0.2) is 5.16 Å². The number of nitrogens with zero attached hydrogens (tertiary/aromatic N) is 2. The number of rotatable bonds is 3. The molecule has 14 heavy (non-hydrogen) atoms. The van der Waals surface area contributed by atoms with Crippen molar-refractivity contribution in [1.29, 1.82) is 0 Å². The first-order valence-corrected chi connectivity index (χ1v) is 5.46. The van der Waals surface area contributed by atoms with E-state index in [1.54, 1.807) is 11.8 Å². The summed E-state index contributed by atoms with van der Waals surface area (Å²) in [6.45, 7) is 3.70. The molecule has 0 aliphatic rings. The van der Waals surface area contributed by atoms with E-state index in [-0.39, 0.29) is 0 Å². The summed E-state index contributed by atoms with van der Waals surface area (Å²) in [6, 6.07) is 8.16. The molecule has 2 nitrogen and oxygen atoms in total. The Hall–Kier alpha value is -1.22. The van der Waals surface area contributed by atoms with Gasteiger partial charge < -0.3 is 4.57 Å². The summed E-state index contributed by atoms with van der Waals surface area (Å²) in [4.78, 5) is 4.53. The second-order valence-corrected chi connectivity index (χ2v) is 4.03. The molecule has 0 unspecified atom stereocenters. The molecule has 0 aliphatic heterocycles. The van der Waals surface area contributed by atoms with Gasteiger partial charge >= 0.3 is 0 Å². The molecule has 0 saturated heterocycles. The number of para-hydroxylation sites is 2. The lowest BCUT2D eigenvalue weighted by atomic mass is 10.3. The number of benzene rings is 1. The highest BCUT2D eigenvalue weighted by Crippen LogP contribution is 2.22. The highest BCUT2D eigenvalue weighted by atomic mass is 32.2. The van der Waals surface area contributed by atoms with Gasteiger partial charge in [-0.2, -0.15) is 0 Å². The van der Waals surface area contributed by atoms with Crippen molar-refractivity contribution in [1.82, 2.24) is 9.55 Å². The van der Waals surface area contributed by atoms with E-state index in [0.717, 1.165) is 16.4 Å². The van der Waals surface area contributed by atoms with E-state index in [1.165, 1.54) is 5.52 Å². The van der Waals surface area contributed by atoms with E-state index in [2.05, 4.69) is 22.2 Å². The summed E-state index contributed by atoms with van der Waals surface area (Å²) < 4.78 is 2.11. The predicted molar refractivity (Wildman–Crippen MR) is 61.6 cm³/mol. The van der Waals surface area contributed by atoms with Gasteiger partial charge in [0, 0.05) is 12.8 Å². The molecule has 0 spiro atoms. The Balaban J connectivity index is 2.46. The molecule has 0 atom stereocenters. The minimum atomic E-state index is 0.900. The number of fused-ring (bicyclic) bond motifs is 1. The van der Waals surface area contributed by atoms with Gasteiger partial charge in [-0.1, -0.05) is 30.0 Å². The fraction of sp³-hybridized carbons (Fsp3) is 0.182. The summed E-state index contributed by atoms with van der Waals surface area (Å²) in [6.07, 6.45) is 1.89. The van der Waals surface area contributed by atoms with Gasteiger partial charge in [-0.05, 0) is 12.1 Å². The van der Waals surface area contributed by atoms with Crippen LogP contribution < -0.4 is 0 Å². The number of hydrogen-bond donors (Lipinski definition) is 0. The molecule has 72 valence electrons. The maximum Gasteiger partial charge on any atom is 0.169 e. The van der Waals surface area contributed by atoms with Crippen molar-refractivity contribution in [3.63, 3.8) is 0 Å². The first-order chi connectivity index (χ1) is 6.83. The van der Waals surface area contributed by atoms with E-state index in [1.807, 2.05) is 31.3 Å². The lowest BCUT2D eigenvalue weighted by Crippen LogP contribution is -1.90. The molecule has 3 heteroatoms. The topological polar surface area (TPSA) is 17.8 Å². The second-order valence-electron chi connectivity index (χ2n) is 3.04. The second kappa shape index (κ2) is 3.88. The maximum absolute atomic E-state index is 4.53. The Morgan fingerprint density at radius 3 is 3.00 bits per heavy atom. The number of hydrogen-bond acceptors (Lipinski definition) is 2. The van der Waals surface area contributed by atoms with Gasteiger partial charge in [0.25, 0.3) is 0 Å². The van der Waals surface area contributed by atoms with E-state index >= 15 is 0 Å². The van der Waals surface area contributed by atoms with Gasteiger partial charge in [0.1, 0.15) is 0 Å². The van der Waals surface area contributed by atoms with Crippen LogP contribution in [0.3, 0.4) is 0 Å². The minimum Gasteiger partial charge on any atom is -0.322 e. The fourth-order valence-corrected chi connectivity index (χ4v) is 2.11. The van der Waals surface area contributed by atoms with Crippen LogP contribution in [-0.2, 0) is 7.05 Å². The summed E-state index contributed by atoms with van der Waals surface area (Å²) in [7, 11) is 2.04. The molecule has 1 aromatic heterocycles. The van der Waals surface area contributed by atoms with Crippen LogP contribution in [0.25, 0.3) is 11.0 Å². The van der Waals surface area contributed by atoms with E-state index in [4.69, 9.17) is 0 Å². The van der Waals surface area contributed by atoms with E-state index < -0.39 is 0 Å². The van der Waals surface area contributed by atoms with Crippen molar-refractivity contribution >= 4 is 22.8 Å². The molecule has 0 saturated carbocycles. The molecule has 0 N–H and O–H groups in total. The fourth-order valence-electron chi connectivity index (χ4n) is 1.39. The Labute approximate surface area is 87.6 Å². The molecule has 0 amide bonds. The van der Waals surface area contributed by atoms with Gasteiger partial charge in [-0.25, -0.2) is 4.98 Å². The SMILES string of the molecule is C=CCSc1nc2ccccc2n1C. The van der Waals surface area contributed by atoms with Crippen LogP contribution in [0.1, 0.15) is 0 Å². The van der Waals surface area contributed by atoms with Crippen molar-refractivity contribution in [2.75, 3.05) is 5.75 Å². The zero-order valence-electron chi connectivity index (χ0n) is 8.10. The average molecular weight is 204 g/mol. The third-order valence-corrected chi connectivity index (χ3v) is 3.10. The molecule has 0 aliphatic carbocycles. The normalized spacial score (nSPS) is 10.6. The minimum absolute atomic E-state index is 0.900. The monoisotopic (exact) mass is 204 g/mol. The number of imidazole rings is 1. The average Bonchev–Trinajstić information content (AvgIpc) is 2.54. The summed E-state index contributed by atoms with van der Waals surface area (Å²) in [5.74, 6) is 0.900. The third kappa shape index (κ3) is 1.55. The number of thioether (sulfide) groups is 1. The summed E-state index contributed by atoms with van der Waals surface area (Å²) >= 11 is 1.71. The number of aryl methyl sites for hydroxylation is 1. The Kier molecular flexibility index (Phi) is 2.59. The Morgan fingerprint density at radius 2 is 2.29 bits per heavy atom. The lowest BCUT2D eigenvalue weighted by molar-refractivity contribution is 0.816. The first kappa shape index (κ1) is 9.34. The van der Waals surface area contributed by atoms with Crippen LogP contribution in [0.2, 0.25) is 0 Å². The van der Waals surface area contributed by atoms with Gasteiger partial charge in [-0.15, -0.1) is 6.58 Å². The molecule has 2 rings (SSSR count). The van der Waals surface area contributed by atoms with Crippen LogP contribution in [-0.4, -0.2) is 15.3 Å². The van der Waals surface area contributed by atoms with Crippen LogP contribution in [0.15, 0.2) is 42.1 Å². The van der Waals surface area contributed by atoms with Crippen molar-refractivity contribution in [2.45, 2.75) is 5.16 Å². The molecule has 0 bridgehead atoms. The van der Waals surface area contributed by atoms with Crippen LogP contribution in [0.5, 0.6) is 0 Å². The number of aromatic nitrogens is 2. The molecule has 0 radical (unpaired) electrons. The molecule has 1 heterocycles. The van der Waals surface area contributed by atoms with Gasteiger partial charge in [0.2, 0.25) is 0 Å². The zero-order valence-corrected chi connectivity index (χ0v) is 8.92. The van der Waals surface area contributed by atoms with Crippen molar-refractivity contribution in [2.24, 2.45) is 7.05 Å². The largest absolute Gasteiger partial charge is 0.322 e. The molecule has 1 aromatic carbocycles. The Bertz CT molecular complexity index is 459. The molecular formula is C11H12N2S. The van der Waals surface area contributed by atoms with Gasteiger partial charge in [0.05, 0.1) is 11.0 Å². The third-order valence-electron chi connectivity index (χ3n) is 2.08. The molecular weight excluding hydrogens is 192 g/mol. The standard InChI is InChI=1S/C11H12N2S/c1-3-8-14-11-12-9-6-4-5-7-10(9)13(11)2/h3-7H,1,8H2,2H3. The zero-order chi connectivity index (χ0) is 9.97. The predicted octanol–water partition coefficient (Wildman–Crippen LogP) is 2.85. The molecule has 0 fully saturated rings. The van der Waals surface area contributed by atoms with Crippen LogP contribution in [0.4, 0.5) is 0 Å². The van der Waals surface area contributed by atoms with Crippen LogP contribution in [0, 0.1) is 0 Å². The van der Waals surface area contributed by atoms with Crippen molar-refractivity contribution < 1.29 is 0 Å². The summed E-state index contributed by atoms with van der Waals surface area (Å²) in [5, 5.41) is 1.05. The maximum atomic E-state index is 4.53. The van der Waals surface area contributed by atoms with Gasteiger partial charge in [-0.3, -0.25) is 0 Å². The first-order valence-electron chi connectivity index (χ1n) is 4.48. The lowest BCUT2D eigenvalue weighted by Gasteiger charge is -1.98. The molecule has 2 aromatic rings.